The van der Waals surface area contributed by atoms with Gasteiger partial charge in [0.1, 0.15) is 0 Å². The molecule has 0 spiro atoms. The number of rotatable bonds is 0. The van der Waals surface area contributed by atoms with Crippen LogP contribution in [0.4, 0.5) is 0 Å². The maximum absolute atomic E-state index is 5.12. The zero-order chi connectivity index (χ0) is 5.28. The minimum Gasteiger partial charge on any atom is -0.373 e. The number of hydrogen-bond acceptors (Lipinski definition) is 2. The first-order valence-corrected chi connectivity index (χ1v) is 2.86. The number of thiocarbonyl (C=S) groups is 1. The van der Waals surface area contributed by atoms with Gasteiger partial charge >= 0.3 is 0 Å². The fraction of sp³-hybridized carbons (Fsp3) is 0.800. The van der Waals surface area contributed by atoms with Gasteiger partial charge in [-0.15, -0.1) is 0 Å². The summed E-state index contributed by atoms with van der Waals surface area (Å²) in [5.74, 6) is 0. The van der Waals surface area contributed by atoms with Crippen molar-refractivity contribution in [1.29, 1.82) is 0 Å². The van der Waals surface area contributed by atoms with Gasteiger partial charge in [0.15, 0.2) is 0 Å². The molecule has 0 bridgehead atoms. The van der Waals surface area contributed by atoms with Gasteiger partial charge in [0.05, 0.1) is 12.7 Å². The second-order valence-corrected chi connectivity index (χ2v) is 2.25. The minimum absolute atomic E-state index is 0.245. The predicted octanol–water partition coefficient (Wildman–Crippen LogP) is 1.17. The van der Waals surface area contributed by atoms with Crippen molar-refractivity contribution >= 4 is 17.1 Å². The van der Waals surface area contributed by atoms with Crippen LogP contribution in [0.5, 0.6) is 0 Å². The van der Waals surface area contributed by atoms with Crippen molar-refractivity contribution < 1.29 is 4.74 Å². The molecule has 2 heteroatoms. The molecule has 1 atom stereocenters. The monoisotopic (exact) mass is 116 g/mol. The van der Waals surface area contributed by atoms with Gasteiger partial charge < -0.3 is 4.74 Å². The molecule has 0 aliphatic carbocycles. The van der Waals surface area contributed by atoms with Gasteiger partial charge in [-0.05, 0) is 6.92 Å². The van der Waals surface area contributed by atoms with E-state index in [9.17, 15) is 0 Å². The lowest BCUT2D eigenvalue weighted by atomic mass is 10.3. The van der Waals surface area contributed by atoms with Crippen molar-refractivity contribution in [3.63, 3.8) is 0 Å². The van der Waals surface area contributed by atoms with E-state index >= 15 is 0 Å². The van der Waals surface area contributed by atoms with E-state index in [1.165, 1.54) is 0 Å². The van der Waals surface area contributed by atoms with Crippen molar-refractivity contribution in [2.75, 3.05) is 6.61 Å². The Morgan fingerprint density at radius 1 is 1.86 bits per heavy atom. The average Bonchev–Trinajstić information content (AvgIpc) is 1.91. The van der Waals surface area contributed by atoms with E-state index < -0.39 is 0 Å². The average molecular weight is 116 g/mol. The van der Waals surface area contributed by atoms with Gasteiger partial charge in [-0.2, -0.15) is 0 Å². The topological polar surface area (TPSA) is 9.23 Å². The molecule has 0 aromatic rings. The first-order valence-electron chi connectivity index (χ1n) is 2.45. The first kappa shape index (κ1) is 5.19. The van der Waals surface area contributed by atoms with Crippen LogP contribution in [0.2, 0.25) is 0 Å². The van der Waals surface area contributed by atoms with E-state index in [4.69, 9.17) is 17.0 Å². The van der Waals surface area contributed by atoms with Crippen LogP contribution in [0.3, 0.4) is 0 Å². The maximum Gasteiger partial charge on any atom is 0.0859 e. The third-order valence-electron chi connectivity index (χ3n) is 1.17. The zero-order valence-corrected chi connectivity index (χ0v) is 5.12. The number of hydrogen-bond donors (Lipinski definition) is 0. The Morgan fingerprint density at radius 3 is 2.71 bits per heavy atom. The molecule has 1 aliphatic rings. The van der Waals surface area contributed by atoms with Crippen molar-refractivity contribution in [2.24, 2.45) is 0 Å². The van der Waals surface area contributed by atoms with Crippen LogP contribution >= 0.6 is 12.2 Å². The van der Waals surface area contributed by atoms with Crippen molar-refractivity contribution in [2.45, 2.75) is 19.4 Å². The summed E-state index contributed by atoms with van der Waals surface area (Å²) in [6, 6.07) is 0. The second-order valence-electron chi connectivity index (χ2n) is 1.73. The van der Waals surface area contributed by atoms with Gasteiger partial charge in [-0.25, -0.2) is 0 Å². The Balaban J connectivity index is 2.48. The van der Waals surface area contributed by atoms with E-state index in [1.807, 2.05) is 6.92 Å². The highest BCUT2D eigenvalue weighted by Crippen LogP contribution is 2.07. The molecule has 0 N–H and O–H groups in total. The molecule has 1 saturated heterocycles. The SMILES string of the molecule is CC1OCCC1=S. The summed E-state index contributed by atoms with van der Waals surface area (Å²) in [5, 5.41) is 0. The summed E-state index contributed by atoms with van der Waals surface area (Å²) in [5.41, 5.74) is 0. The quantitative estimate of drug-likeness (QED) is 0.439. The summed E-state index contributed by atoms with van der Waals surface area (Å²) in [6.45, 7) is 2.83. The molecular weight excluding hydrogens is 108 g/mol. The largest absolute Gasteiger partial charge is 0.373 e. The van der Waals surface area contributed by atoms with Gasteiger partial charge in [-0.3, -0.25) is 0 Å². The second kappa shape index (κ2) is 1.88. The molecule has 0 amide bonds. The minimum atomic E-state index is 0.245. The number of ether oxygens (including phenoxy) is 1. The Morgan fingerprint density at radius 2 is 2.57 bits per heavy atom. The Kier molecular flexibility index (Phi) is 1.40. The molecule has 0 saturated carbocycles. The van der Waals surface area contributed by atoms with E-state index in [2.05, 4.69) is 0 Å². The molecule has 1 heterocycles. The fourth-order valence-corrected chi connectivity index (χ4v) is 0.784. The van der Waals surface area contributed by atoms with E-state index in [1.54, 1.807) is 0 Å². The molecule has 1 aliphatic heterocycles. The van der Waals surface area contributed by atoms with Crippen LogP contribution in [0, 0.1) is 0 Å². The Labute approximate surface area is 48.7 Å². The molecule has 0 aromatic heterocycles. The van der Waals surface area contributed by atoms with E-state index in [0.717, 1.165) is 17.9 Å². The van der Waals surface area contributed by atoms with Crippen LogP contribution < -0.4 is 0 Å². The lowest BCUT2D eigenvalue weighted by Gasteiger charge is -1.96. The summed E-state index contributed by atoms with van der Waals surface area (Å²) in [6.07, 6.45) is 1.23. The highest BCUT2D eigenvalue weighted by molar-refractivity contribution is 7.80. The third-order valence-corrected chi connectivity index (χ3v) is 1.71. The smallest absolute Gasteiger partial charge is 0.0859 e. The molecule has 40 valence electrons. The third kappa shape index (κ3) is 0.983. The molecule has 1 rings (SSSR count). The van der Waals surface area contributed by atoms with Gasteiger partial charge in [0, 0.05) is 11.3 Å². The van der Waals surface area contributed by atoms with Crippen LogP contribution in [0.15, 0.2) is 0 Å². The molecule has 0 radical (unpaired) electrons. The fourth-order valence-electron chi connectivity index (χ4n) is 0.633. The highest BCUT2D eigenvalue weighted by atomic mass is 32.1. The van der Waals surface area contributed by atoms with E-state index in [-0.39, 0.29) is 6.10 Å². The summed E-state index contributed by atoms with van der Waals surface area (Å²) >= 11 is 4.92. The lowest BCUT2D eigenvalue weighted by molar-refractivity contribution is 0.146. The van der Waals surface area contributed by atoms with E-state index in [0.29, 0.717) is 0 Å². The van der Waals surface area contributed by atoms with Gasteiger partial charge in [0.25, 0.3) is 0 Å². The molecular formula is C5H8OS. The Hall–Kier alpha value is 0.0500. The lowest BCUT2D eigenvalue weighted by Crippen LogP contribution is -2.06. The molecule has 1 nitrogen and oxygen atoms in total. The van der Waals surface area contributed by atoms with Crippen LogP contribution in [0.25, 0.3) is 0 Å². The van der Waals surface area contributed by atoms with Crippen LogP contribution in [-0.4, -0.2) is 17.6 Å². The summed E-state index contributed by atoms with van der Waals surface area (Å²) < 4.78 is 5.12. The summed E-state index contributed by atoms with van der Waals surface area (Å²) in [4.78, 5) is 1.07. The molecule has 7 heavy (non-hydrogen) atoms. The normalized spacial score (nSPS) is 31.6. The predicted molar refractivity (Wildman–Crippen MR) is 32.6 cm³/mol. The summed E-state index contributed by atoms with van der Waals surface area (Å²) in [7, 11) is 0. The van der Waals surface area contributed by atoms with Gasteiger partial charge in [-0.1, -0.05) is 12.2 Å². The Bertz CT molecular complexity index is 90.1. The maximum atomic E-state index is 5.12. The van der Waals surface area contributed by atoms with Crippen molar-refractivity contribution in [3.8, 4) is 0 Å². The van der Waals surface area contributed by atoms with Crippen molar-refractivity contribution in [1.82, 2.24) is 0 Å². The van der Waals surface area contributed by atoms with Crippen LogP contribution in [-0.2, 0) is 4.74 Å². The first-order chi connectivity index (χ1) is 3.30. The van der Waals surface area contributed by atoms with Gasteiger partial charge in [0.2, 0.25) is 0 Å². The highest BCUT2D eigenvalue weighted by Gasteiger charge is 2.14. The molecule has 0 aromatic carbocycles. The zero-order valence-electron chi connectivity index (χ0n) is 4.31. The standard InChI is InChI=1S/C5H8OS/c1-4-5(7)2-3-6-4/h4H,2-3H2,1H3. The molecule has 1 unspecified atom stereocenters. The van der Waals surface area contributed by atoms with Crippen molar-refractivity contribution in [3.05, 3.63) is 0 Å². The van der Waals surface area contributed by atoms with Crippen LogP contribution in [0.1, 0.15) is 13.3 Å². The molecule has 1 fully saturated rings.